The first-order chi connectivity index (χ1) is 9.24. The predicted molar refractivity (Wildman–Crippen MR) is 78.5 cm³/mol. The molecule has 3 rings (SSSR count). The third-order valence-corrected chi connectivity index (χ3v) is 5.16. The molecule has 1 aliphatic rings. The summed E-state index contributed by atoms with van der Waals surface area (Å²) in [7, 11) is 0. The number of nitrogens with two attached hydrogens (primary N) is 1. The van der Waals surface area contributed by atoms with E-state index in [1.165, 1.54) is 11.3 Å². The van der Waals surface area contributed by atoms with Gasteiger partial charge in [0.25, 0.3) is 5.91 Å². The van der Waals surface area contributed by atoms with Gasteiger partial charge in [-0.3, -0.25) is 4.79 Å². The van der Waals surface area contributed by atoms with Gasteiger partial charge in [0.15, 0.2) is 0 Å². The first-order valence-electron chi connectivity index (χ1n) is 6.28. The third kappa shape index (κ3) is 2.70. The summed E-state index contributed by atoms with van der Waals surface area (Å²) < 4.78 is 0. The molecule has 2 N–H and O–H groups in total. The third-order valence-electron chi connectivity index (χ3n) is 3.28. The summed E-state index contributed by atoms with van der Waals surface area (Å²) in [4.78, 5) is 19.7. The SMILES string of the molecule is NC1CCN(C(=O)c2csc(-c3cccs3)n2)CC1. The summed E-state index contributed by atoms with van der Waals surface area (Å²) >= 11 is 3.17. The van der Waals surface area contributed by atoms with Gasteiger partial charge in [-0.2, -0.15) is 0 Å². The van der Waals surface area contributed by atoms with Crippen LogP contribution in [0.4, 0.5) is 0 Å². The zero-order valence-electron chi connectivity index (χ0n) is 10.4. The van der Waals surface area contributed by atoms with Gasteiger partial charge in [0.1, 0.15) is 10.7 Å². The van der Waals surface area contributed by atoms with Gasteiger partial charge < -0.3 is 10.6 Å². The van der Waals surface area contributed by atoms with Gasteiger partial charge in [0, 0.05) is 24.5 Å². The van der Waals surface area contributed by atoms with Crippen LogP contribution in [0.3, 0.4) is 0 Å². The Morgan fingerprint density at radius 3 is 2.84 bits per heavy atom. The number of hydrogen-bond donors (Lipinski definition) is 1. The lowest BCUT2D eigenvalue weighted by Crippen LogP contribution is -2.42. The highest BCUT2D eigenvalue weighted by atomic mass is 32.1. The largest absolute Gasteiger partial charge is 0.337 e. The number of rotatable bonds is 2. The number of carbonyl (C=O) groups excluding carboxylic acids is 1. The second-order valence-electron chi connectivity index (χ2n) is 4.64. The smallest absolute Gasteiger partial charge is 0.273 e. The van der Waals surface area contributed by atoms with Gasteiger partial charge >= 0.3 is 0 Å². The van der Waals surface area contributed by atoms with Crippen LogP contribution in [-0.2, 0) is 0 Å². The Bertz CT molecular complexity index is 556. The topological polar surface area (TPSA) is 59.2 Å². The van der Waals surface area contributed by atoms with Crippen LogP contribution >= 0.6 is 22.7 Å². The van der Waals surface area contributed by atoms with E-state index in [0.717, 1.165) is 35.8 Å². The van der Waals surface area contributed by atoms with Crippen molar-refractivity contribution in [2.24, 2.45) is 5.73 Å². The van der Waals surface area contributed by atoms with Crippen molar-refractivity contribution in [3.8, 4) is 9.88 Å². The number of thiophene rings is 1. The van der Waals surface area contributed by atoms with Crippen LogP contribution in [0.2, 0.25) is 0 Å². The Labute approximate surface area is 119 Å². The molecule has 19 heavy (non-hydrogen) atoms. The molecule has 3 heterocycles. The highest BCUT2D eigenvalue weighted by Gasteiger charge is 2.23. The second-order valence-corrected chi connectivity index (χ2v) is 6.45. The molecule has 0 unspecified atom stereocenters. The maximum Gasteiger partial charge on any atom is 0.273 e. The maximum atomic E-state index is 12.3. The number of likely N-dealkylation sites (tertiary alicyclic amines) is 1. The predicted octanol–water partition coefficient (Wildman–Crippen LogP) is 2.43. The minimum Gasteiger partial charge on any atom is -0.337 e. The van der Waals surface area contributed by atoms with E-state index < -0.39 is 0 Å². The molecule has 1 saturated heterocycles. The summed E-state index contributed by atoms with van der Waals surface area (Å²) in [6.45, 7) is 1.48. The number of nitrogens with zero attached hydrogens (tertiary/aromatic N) is 2. The summed E-state index contributed by atoms with van der Waals surface area (Å²) in [6, 6.07) is 4.26. The molecular formula is C13H15N3OS2. The molecule has 0 bridgehead atoms. The molecule has 4 nitrogen and oxygen atoms in total. The monoisotopic (exact) mass is 293 g/mol. The van der Waals surface area contributed by atoms with Gasteiger partial charge in [-0.15, -0.1) is 22.7 Å². The lowest BCUT2D eigenvalue weighted by atomic mass is 10.1. The second kappa shape index (κ2) is 5.40. The number of aromatic nitrogens is 1. The van der Waals surface area contributed by atoms with Crippen molar-refractivity contribution < 1.29 is 4.79 Å². The molecule has 0 aromatic carbocycles. The quantitative estimate of drug-likeness (QED) is 0.925. The highest BCUT2D eigenvalue weighted by Crippen LogP contribution is 2.28. The first-order valence-corrected chi connectivity index (χ1v) is 8.04. The molecule has 0 radical (unpaired) electrons. The molecule has 1 amide bonds. The fourth-order valence-electron chi connectivity index (χ4n) is 2.15. The van der Waals surface area contributed by atoms with E-state index in [0.29, 0.717) is 5.69 Å². The first kappa shape index (κ1) is 12.8. The minimum absolute atomic E-state index is 0.0333. The van der Waals surface area contributed by atoms with E-state index >= 15 is 0 Å². The molecule has 100 valence electrons. The van der Waals surface area contributed by atoms with Crippen LogP contribution in [0.15, 0.2) is 22.9 Å². The molecule has 1 aliphatic heterocycles. The molecule has 2 aromatic heterocycles. The molecule has 2 aromatic rings. The summed E-state index contributed by atoms with van der Waals surface area (Å²) in [5, 5.41) is 4.79. The van der Waals surface area contributed by atoms with Gasteiger partial charge in [-0.05, 0) is 24.3 Å². The van der Waals surface area contributed by atoms with Crippen molar-refractivity contribution in [3.05, 3.63) is 28.6 Å². The van der Waals surface area contributed by atoms with E-state index in [1.807, 2.05) is 27.8 Å². The standard InChI is InChI=1S/C13H15N3OS2/c14-9-3-5-16(6-4-9)13(17)10-8-19-12(15-10)11-2-1-7-18-11/h1-2,7-9H,3-6,14H2. The number of amides is 1. The molecule has 0 atom stereocenters. The van der Waals surface area contributed by atoms with Crippen molar-refractivity contribution in [1.82, 2.24) is 9.88 Å². The summed E-state index contributed by atoms with van der Waals surface area (Å²) in [6.07, 6.45) is 1.77. The number of hydrogen-bond acceptors (Lipinski definition) is 5. The fraction of sp³-hybridized carbons (Fsp3) is 0.385. The van der Waals surface area contributed by atoms with Crippen molar-refractivity contribution in [1.29, 1.82) is 0 Å². The lowest BCUT2D eigenvalue weighted by molar-refractivity contribution is 0.0709. The molecule has 1 fully saturated rings. The Hall–Kier alpha value is -1.24. The zero-order chi connectivity index (χ0) is 13.2. The van der Waals surface area contributed by atoms with Crippen molar-refractivity contribution >= 4 is 28.6 Å². The van der Waals surface area contributed by atoms with Gasteiger partial charge in [-0.25, -0.2) is 4.98 Å². The van der Waals surface area contributed by atoms with E-state index in [-0.39, 0.29) is 11.9 Å². The Balaban J connectivity index is 1.74. The number of thiazole rings is 1. The Kier molecular flexibility index (Phi) is 3.63. The van der Waals surface area contributed by atoms with Crippen LogP contribution < -0.4 is 5.73 Å². The zero-order valence-corrected chi connectivity index (χ0v) is 12.0. The highest BCUT2D eigenvalue weighted by molar-refractivity contribution is 7.20. The van der Waals surface area contributed by atoms with Gasteiger partial charge in [0.05, 0.1) is 4.88 Å². The van der Waals surface area contributed by atoms with E-state index in [4.69, 9.17) is 5.73 Å². The van der Waals surface area contributed by atoms with Crippen molar-refractivity contribution in [3.63, 3.8) is 0 Å². The van der Waals surface area contributed by atoms with E-state index in [1.54, 1.807) is 11.3 Å². The minimum atomic E-state index is 0.0333. The Morgan fingerprint density at radius 1 is 1.37 bits per heavy atom. The van der Waals surface area contributed by atoms with Crippen LogP contribution in [0.25, 0.3) is 9.88 Å². The molecule has 6 heteroatoms. The number of carbonyl (C=O) groups is 1. The average molecular weight is 293 g/mol. The summed E-state index contributed by atoms with van der Waals surface area (Å²) in [5.74, 6) is 0.0333. The fourth-order valence-corrected chi connectivity index (χ4v) is 3.76. The van der Waals surface area contributed by atoms with Crippen LogP contribution in [0.1, 0.15) is 23.3 Å². The van der Waals surface area contributed by atoms with Crippen molar-refractivity contribution in [2.75, 3.05) is 13.1 Å². The molecule has 0 saturated carbocycles. The maximum absolute atomic E-state index is 12.3. The average Bonchev–Trinajstić information content (AvgIpc) is 3.10. The molecular weight excluding hydrogens is 278 g/mol. The van der Waals surface area contributed by atoms with Crippen LogP contribution in [0.5, 0.6) is 0 Å². The molecule has 0 spiro atoms. The normalized spacial score (nSPS) is 16.8. The number of piperidine rings is 1. The van der Waals surface area contributed by atoms with Crippen molar-refractivity contribution in [2.45, 2.75) is 18.9 Å². The van der Waals surface area contributed by atoms with Gasteiger partial charge in [-0.1, -0.05) is 6.07 Å². The van der Waals surface area contributed by atoms with Gasteiger partial charge in [0.2, 0.25) is 0 Å². The lowest BCUT2D eigenvalue weighted by Gasteiger charge is -2.29. The summed E-state index contributed by atoms with van der Waals surface area (Å²) in [5.41, 5.74) is 6.41. The van der Waals surface area contributed by atoms with Crippen LogP contribution in [0, 0.1) is 0 Å². The van der Waals surface area contributed by atoms with E-state index in [2.05, 4.69) is 4.98 Å². The van der Waals surface area contributed by atoms with E-state index in [9.17, 15) is 4.79 Å². The molecule has 0 aliphatic carbocycles. The van der Waals surface area contributed by atoms with Crippen LogP contribution in [-0.4, -0.2) is 34.9 Å². The Morgan fingerprint density at radius 2 is 2.16 bits per heavy atom.